The Kier molecular flexibility index (Phi) is 7.12. The van der Waals surface area contributed by atoms with E-state index in [1.165, 1.54) is 10.4 Å². The molecule has 0 spiro atoms. The highest BCUT2D eigenvalue weighted by molar-refractivity contribution is 7.88. The van der Waals surface area contributed by atoms with Crippen LogP contribution in [0.4, 0.5) is 0 Å². The Labute approximate surface area is 155 Å². The third-order valence-electron chi connectivity index (χ3n) is 3.99. The molecule has 0 aliphatic carbocycles. The quantitative estimate of drug-likeness (QED) is 0.687. The van der Waals surface area contributed by atoms with Crippen LogP contribution in [0, 0.1) is 0 Å². The first-order chi connectivity index (χ1) is 12.4. The van der Waals surface area contributed by atoms with Crippen LogP contribution < -0.4 is 5.32 Å². The van der Waals surface area contributed by atoms with Crippen LogP contribution in [0.15, 0.2) is 73.3 Å². The number of amides is 1. The summed E-state index contributed by atoms with van der Waals surface area (Å²) in [6.45, 7) is 4.22. The van der Waals surface area contributed by atoms with Gasteiger partial charge in [0.05, 0.1) is 12.2 Å². The second-order valence-corrected chi connectivity index (χ2v) is 7.94. The van der Waals surface area contributed by atoms with Crippen molar-refractivity contribution in [2.45, 2.75) is 5.92 Å². The van der Waals surface area contributed by atoms with Crippen molar-refractivity contribution in [3.63, 3.8) is 0 Å². The molecule has 5 nitrogen and oxygen atoms in total. The van der Waals surface area contributed by atoms with E-state index in [9.17, 15) is 13.2 Å². The fourth-order valence-corrected chi connectivity index (χ4v) is 3.53. The van der Waals surface area contributed by atoms with Crippen molar-refractivity contribution in [3.05, 3.63) is 84.4 Å². The molecule has 0 heterocycles. The molecule has 138 valence electrons. The Balaban J connectivity index is 2.12. The topological polar surface area (TPSA) is 66.5 Å². The smallest absolute Gasteiger partial charge is 0.232 e. The zero-order valence-corrected chi connectivity index (χ0v) is 15.7. The van der Waals surface area contributed by atoms with Crippen LogP contribution in [0.25, 0.3) is 0 Å². The molecule has 2 rings (SSSR count). The van der Waals surface area contributed by atoms with Gasteiger partial charge in [0.15, 0.2) is 0 Å². The van der Waals surface area contributed by atoms with Gasteiger partial charge in [-0.2, -0.15) is 4.31 Å². The zero-order chi connectivity index (χ0) is 19.0. The molecular formula is C20H24N2O3S. The van der Waals surface area contributed by atoms with Gasteiger partial charge in [0.1, 0.15) is 0 Å². The molecular weight excluding hydrogens is 348 g/mol. The zero-order valence-electron chi connectivity index (χ0n) is 14.8. The summed E-state index contributed by atoms with van der Waals surface area (Å²) in [5.41, 5.74) is 1.78. The molecule has 0 radical (unpaired) electrons. The van der Waals surface area contributed by atoms with E-state index in [0.717, 1.165) is 17.4 Å². The number of nitrogens with zero attached hydrogens (tertiary/aromatic N) is 1. The van der Waals surface area contributed by atoms with Crippen LogP contribution >= 0.6 is 0 Å². The predicted molar refractivity (Wildman–Crippen MR) is 104 cm³/mol. The summed E-state index contributed by atoms with van der Waals surface area (Å²) < 4.78 is 24.8. The minimum Gasteiger partial charge on any atom is -0.354 e. The number of nitrogens with one attached hydrogen (secondary N) is 1. The lowest BCUT2D eigenvalue weighted by Crippen LogP contribution is -2.39. The van der Waals surface area contributed by atoms with Crippen molar-refractivity contribution >= 4 is 15.9 Å². The first-order valence-corrected chi connectivity index (χ1v) is 10.2. The van der Waals surface area contributed by atoms with Gasteiger partial charge in [-0.15, -0.1) is 6.58 Å². The van der Waals surface area contributed by atoms with Crippen molar-refractivity contribution < 1.29 is 13.2 Å². The normalized spacial score (nSPS) is 11.5. The van der Waals surface area contributed by atoms with Crippen LogP contribution in [-0.4, -0.2) is 44.5 Å². The van der Waals surface area contributed by atoms with Crippen molar-refractivity contribution in [1.29, 1.82) is 0 Å². The predicted octanol–water partition coefficient (Wildman–Crippen LogP) is 2.38. The van der Waals surface area contributed by atoms with Gasteiger partial charge in [-0.3, -0.25) is 4.79 Å². The van der Waals surface area contributed by atoms with Gasteiger partial charge >= 0.3 is 0 Å². The Hall–Kier alpha value is -2.44. The molecule has 0 fully saturated rings. The molecule has 2 aromatic carbocycles. The Morgan fingerprint density at radius 1 is 1.08 bits per heavy atom. The molecule has 0 aliphatic heterocycles. The van der Waals surface area contributed by atoms with E-state index in [-0.39, 0.29) is 25.5 Å². The van der Waals surface area contributed by atoms with Crippen LogP contribution in [0.2, 0.25) is 0 Å². The Bertz CT molecular complexity index is 781. The third-order valence-corrected chi connectivity index (χ3v) is 5.26. The third kappa shape index (κ3) is 5.54. The molecule has 0 unspecified atom stereocenters. The average Bonchev–Trinajstić information content (AvgIpc) is 2.62. The standard InChI is InChI=1S/C20H24N2O3S/c1-3-15-22(26(2,24)25)16-14-21-20(23)19(17-10-6-4-7-11-17)18-12-8-5-9-13-18/h3-13,19H,1,14-16H2,2H3,(H,21,23). The summed E-state index contributed by atoms with van der Waals surface area (Å²) in [7, 11) is -3.34. The molecule has 0 aromatic heterocycles. The van der Waals surface area contributed by atoms with Gasteiger partial charge in [0.2, 0.25) is 15.9 Å². The number of benzene rings is 2. The van der Waals surface area contributed by atoms with E-state index in [1.807, 2.05) is 60.7 Å². The lowest BCUT2D eigenvalue weighted by atomic mass is 9.90. The maximum absolute atomic E-state index is 12.8. The van der Waals surface area contributed by atoms with E-state index in [0.29, 0.717) is 0 Å². The van der Waals surface area contributed by atoms with Crippen molar-refractivity contribution in [2.24, 2.45) is 0 Å². The van der Waals surface area contributed by atoms with E-state index in [1.54, 1.807) is 0 Å². The van der Waals surface area contributed by atoms with Gasteiger partial charge in [0.25, 0.3) is 0 Å². The number of hydrogen-bond donors (Lipinski definition) is 1. The van der Waals surface area contributed by atoms with Gasteiger partial charge in [-0.1, -0.05) is 66.7 Å². The summed E-state index contributed by atoms with van der Waals surface area (Å²) in [5, 5.41) is 2.86. The van der Waals surface area contributed by atoms with Crippen LogP contribution in [0.5, 0.6) is 0 Å². The summed E-state index contributed by atoms with van der Waals surface area (Å²) in [6, 6.07) is 19.1. The van der Waals surface area contributed by atoms with Crippen molar-refractivity contribution in [1.82, 2.24) is 9.62 Å². The summed E-state index contributed by atoms with van der Waals surface area (Å²) in [4.78, 5) is 12.8. The van der Waals surface area contributed by atoms with E-state index in [2.05, 4.69) is 11.9 Å². The molecule has 0 bridgehead atoms. The van der Waals surface area contributed by atoms with Crippen LogP contribution in [0.3, 0.4) is 0 Å². The second-order valence-electron chi connectivity index (χ2n) is 5.96. The summed E-state index contributed by atoms with van der Waals surface area (Å²) in [5.74, 6) is -0.599. The number of sulfonamides is 1. The first-order valence-electron chi connectivity index (χ1n) is 8.37. The highest BCUT2D eigenvalue weighted by atomic mass is 32.2. The fourth-order valence-electron chi connectivity index (χ4n) is 2.73. The van der Waals surface area contributed by atoms with E-state index < -0.39 is 15.9 Å². The first kappa shape index (κ1) is 19.9. The van der Waals surface area contributed by atoms with Gasteiger partial charge < -0.3 is 5.32 Å². The van der Waals surface area contributed by atoms with Crippen molar-refractivity contribution in [2.75, 3.05) is 25.9 Å². The SMILES string of the molecule is C=CCN(CCNC(=O)C(c1ccccc1)c1ccccc1)S(C)(=O)=O. The lowest BCUT2D eigenvalue weighted by Gasteiger charge is -2.21. The van der Waals surface area contributed by atoms with Crippen molar-refractivity contribution in [3.8, 4) is 0 Å². The second kappa shape index (κ2) is 9.31. The highest BCUT2D eigenvalue weighted by Crippen LogP contribution is 2.24. The number of rotatable bonds is 9. The van der Waals surface area contributed by atoms with E-state index in [4.69, 9.17) is 0 Å². The van der Waals surface area contributed by atoms with Crippen LogP contribution in [-0.2, 0) is 14.8 Å². The van der Waals surface area contributed by atoms with Gasteiger partial charge in [-0.05, 0) is 11.1 Å². The molecule has 1 N–H and O–H groups in total. The number of hydrogen-bond acceptors (Lipinski definition) is 3. The Morgan fingerprint density at radius 2 is 1.58 bits per heavy atom. The van der Waals surface area contributed by atoms with Gasteiger partial charge in [-0.25, -0.2) is 8.42 Å². The number of carbonyl (C=O) groups is 1. The molecule has 2 aromatic rings. The summed E-state index contributed by atoms with van der Waals surface area (Å²) in [6.07, 6.45) is 2.68. The molecule has 0 saturated carbocycles. The Morgan fingerprint density at radius 3 is 2.00 bits per heavy atom. The molecule has 0 saturated heterocycles. The largest absolute Gasteiger partial charge is 0.354 e. The van der Waals surface area contributed by atoms with E-state index >= 15 is 0 Å². The fraction of sp³-hybridized carbons (Fsp3) is 0.250. The average molecular weight is 372 g/mol. The number of carbonyl (C=O) groups excluding carboxylic acids is 1. The maximum atomic E-state index is 12.8. The van der Waals surface area contributed by atoms with Crippen LogP contribution in [0.1, 0.15) is 17.0 Å². The molecule has 0 aliphatic rings. The monoisotopic (exact) mass is 372 g/mol. The minimum absolute atomic E-state index is 0.158. The van der Waals surface area contributed by atoms with Gasteiger partial charge in [0, 0.05) is 19.6 Å². The molecule has 26 heavy (non-hydrogen) atoms. The molecule has 1 amide bonds. The molecule has 6 heteroatoms. The highest BCUT2D eigenvalue weighted by Gasteiger charge is 2.23. The minimum atomic E-state index is -3.34. The summed E-state index contributed by atoms with van der Waals surface area (Å²) >= 11 is 0. The maximum Gasteiger partial charge on any atom is 0.232 e. The lowest BCUT2D eigenvalue weighted by molar-refractivity contribution is -0.121. The molecule has 0 atom stereocenters.